The van der Waals surface area contributed by atoms with Crippen LogP contribution in [0.5, 0.6) is 0 Å². The molecule has 0 aromatic carbocycles. The molecule has 0 spiro atoms. The summed E-state index contributed by atoms with van der Waals surface area (Å²) in [7, 11) is 0. The molecule has 24 heavy (non-hydrogen) atoms. The maximum atomic E-state index is 12.7. The van der Waals surface area contributed by atoms with Crippen molar-refractivity contribution in [3.8, 4) is 0 Å². The van der Waals surface area contributed by atoms with Crippen LogP contribution in [0.15, 0.2) is 23.1 Å². The van der Waals surface area contributed by atoms with Crippen molar-refractivity contribution in [2.24, 2.45) is 0 Å². The van der Waals surface area contributed by atoms with Crippen LogP contribution in [0.4, 0.5) is 23.7 Å². The van der Waals surface area contributed by atoms with Gasteiger partial charge in [0, 0.05) is 25.4 Å². The molecule has 2 unspecified atom stereocenters. The first kappa shape index (κ1) is 18.3. The summed E-state index contributed by atoms with van der Waals surface area (Å²) < 4.78 is 39.5. The second-order valence-corrected chi connectivity index (χ2v) is 5.77. The Hall–Kier alpha value is -2.03. The van der Waals surface area contributed by atoms with E-state index < -0.39 is 24.4 Å². The van der Waals surface area contributed by atoms with Crippen LogP contribution in [0.2, 0.25) is 0 Å². The topological polar surface area (TPSA) is 74.6 Å². The minimum Gasteiger partial charge on any atom is -0.382 e. The predicted octanol–water partition coefficient (Wildman–Crippen LogP) is 2.18. The molecule has 0 saturated carbocycles. The van der Waals surface area contributed by atoms with Gasteiger partial charge in [-0.15, -0.1) is 0 Å². The number of hydrogen-bond acceptors (Lipinski definition) is 3. The number of nitrogens with zero attached hydrogens (tertiary/aromatic N) is 2. The number of urea groups is 1. The SMILES string of the molecule is CCCn1cc(NC(=O)N2CCCC2C(O)C(F)(F)F)ccc1=O. The van der Waals surface area contributed by atoms with Crippen molar-refractivity contribution in [1.82, 2.24) is 9.47 Å². The Labute approximate surface area is 136 Å². The summed E-state index contributed by atoms with van der Waals surface area (Å²) >= 11 is 0. The molecule has 2 N–H and O–H groups in total. The first-order valence-electron chi connectivity index (χ1n) is 7.77. The third kappa shape index (κ3) is 4.08. The zero-order valence-corrected chi connectivity index (χ0v) is 13.2. The number of alkyl halides is 3. The van der Waals surface area contributed by atoms with Gasteiger partial charge in [0.2, 0.25) is 0 Å². The number of halogens is 3. The number of carbonyl (C=O) groups excluding carboxylic acids is 1. The molecule has 1 aliphatic heterocycles. The molecule has 2 atom stereocenters. The van der Waals surface area contributed by atoms with Gasteiger partial charge in [0.25, 0.3) is 5.56 Å². The standard InChI is InChI=1S/C15H20F3N3O3/c1-2-7-20-9-10(5-6-12(20)22)19-14(24)21-8-3-4-11(21)13(23)15(16,17)18/h5-6,9,11,13,23H,2-4,7-8H2,1H3,(H,19,24). The molecule has 2 heterocycles. The van der Waals surface area contributed by atoms with Crippen LogP contribution in [-0.2, 0) is 6.54 Å². The number of pyridine rings is 1. The second kappa shape index (κ2) is 7.25. The summed E-state index contributed by atoms with van der Waals surface area (Å²) in [5.74, 6) is 0. The summed E-state index contributed by atoms with van der Waals surface area (Å²) in [4.78, 5) is 24.9. The van der Waals surface area contributed by atoms with Crippen LogP contribution in [0.25, 0.3) is 0 Å². The summed E-state index contributed by atoms with van der Waals surface area (Å²) in [6, 6.07) is 0.670. The molecule has 1 saturated heterocycles. The normalized spacial score (nSPS) is 19.4. The van der Waals surface area contributed by atoms with Crippen molar-refractivity contribution in [3.05, 3.63) is 28.7 Å². The number of aromatic nitrogens is 1. The molecule has 2 amide bonds. The molecule has 134 valence electrons. The molecule has 0 aliphatic carbocycles. The van der Waals surface area contributed by atoms with E-state index in [1.54, 1.807) is 0 Å². The third-order valence-corrected chi connectivity index (χ3v) is 3.96. The molecule has 6 nitrogen and oxygen atoms in total. The molecule has 0 bridgehead atoms. The van der Waals surface area contributed by atoms with Gasteiger partial charge >= 0.3 is 12.2 Å². The Morgan fingerprint density at radius 3 is 2.79 bits per heavy atom. The number of aliphatic hydroxyl groups excluding tert-OH is 1. The number of carbonyl (C=O) groups is 1. The number of nitrogens with one attached hydrogen (secondary N) is 1. The van der Waals surface area contributed by atoms with E-state index in [9.17, 15) is 27.9 Å². The quantitative estimate of drug-likeness (QED) is 0.877. The van der Waals surface area contributed by atoms with E-state index in [-0.39, 0.29) is 18.5 Å². The fraction of sp³-hybridized carbons (Fsp3) is 0.600. The highest BCUT2D eigenvalue weighted by molar-refractivity contribution is 5.89. The van der Waals surface area contributed by atoms with Gasteiger partial charge in [-0.1, -0.05) is 6.92 Å². The molecule has 0 radical (unpaired) electrons. The predicted molar refractivity (Wildman–Crippen MR) is 81.8 cm³/mol. The van der Waals surface area contributed by atoms with Crippen LogP contribution in [0, 0.1) is 0 Å². The van der Waals surface area contributed by atoms with Crippen LogP contribution < -0.4 is 10.9 Å². The number of rotatable bonds is 4. The lowest BCUT2D eigenvalue weighted by atomic mass is 10.1. The van der Waals surface area contributed by atoms with E-state index in [0.717, 1.165) is 11.3 Å². The van der Waals surface area contributed by atoms with Gasteiger partial charge in [-0.2, -0.15) is 13.2 Å². The first-order chi connectivity index (χ1) is 11.2. The smallest absolute Gasteiger partial charge is 0.382 e. The van der Waals surface area contributed by atoms with E-state index in [1.807, 2.05) is 6.92 Å². The molecule has 1 aliphatic rings. The second-order valence-electron chi connectivity index (χ2n) is 5.77. The Bertz CT molecular complexity index is 645. The monoisotopic (exact) mass is 347 g/mol. The van der Waals surface area contributed by atoms with Crippen molar-refractivity contribution in [2.45, 2.75) is 51.1 Å². The van der Waals surface area contributed by atoms with Gasteiger partial charge < -0.3 is 19.9 Å². The van der Waals surface area contributed by atoms with Crippen molar-refractivity contribution in [3.63, 3.8) is 0 Å². The van der Waals surface area contributed by atoms with Crippen molar-refractivity contribution >= 4 is 11.7 Å². The maximum absolute atomic E-state index is 12.7. The lowest BCUT2D eigenvalue weighted by molar-refractivity contribution is -0.216. The fourth-order valence-corrected chi connectivity index (χ4v) is 2.81. The summed E-state index contributed by atoms with van der Waals surface area (Å²) in [5, 5.41) is 11.9. The number of anilines is 1. The van der Waals surface area contributed by atoms with Crippen LogP contribution in [0.3, 0.4) is 0 Å². The Balaban J connectivity index is 2.11. The number of aryl methyl sites for hydroxylation is 1. The van der Waals surface area contributed by atoms with E-state index in [0.29, 0.717) is 18.7 Å². The van der Waals surface area contributed by atoms with Crippen molar-refractivity contribution in [2.75, 3.05) is 11.9 Å². The lowest BCUT2D eigenvalue weighted by Gasteiger charge is -2.29. The third-order valence-electron chi connectivity index (χ3n) is 3.96. The molecule has 9 heteroatoms. The van der Waals surface area contributed by atoms with E-state index in [2.05, 4.69) is 5.32 Å². The minimum atomic E-state index is -4.78. The zero-order chi connectivity index (χ0) is 17.9. The zero-order valence-electron chi connectivity index (χ0n) is 13.2. The van der Waals surface area contributed by atoms with Gasteiger partial charge in [0.15, 0.2) is 6.10 Å². The highest BCUT2D eigenvalue weighted by Gasteiger charge is 2.48. The molecule has 1 aromatic rings. The molecule has 1 fully saturated rings. The molecular weight excluding hydrogens is 327 g/mol. The van der Waals surface area contributed by atoms with E-state index in [4.69, 9.17) is 0 Å². The lowest BCUT2D eigenvalue weighted by Crippen LogP contribution is -2.50. The number of hydrogen-bond donors (Lipinski definition) is 2. The van der Waals surface area contributed by atoms with Gasteiger partial charge in [-0.3, -0.25) is 4.79 Å². The van der Waals surface area contributed by atoms with Crippen LogP contribution in [-0.4, -0.2) is 45.5 Å². The highest BCUT2D eigenvalue weighted by Crippen LogP contribution is 2.30. The fourth-order valence-electron chi connectivity index (χ4n) is 2.81. The highest BCUT2D eigenvalue weighted by atomic mass is 19.4. The number of amides is 2. The summed E-state index contributed by atoms with van der Waals surface area (Å²) in [6.45, 7) is 2.50. The average Bonchev–Trinajstić information content (AvgIpc) is 2.98. The maximum Gasteiger partial charge on any atom is 0.416 e. The summed E-state index contributed by atoms with van der Waals surface area (Å²) in [6.07, 6.45) is -4.69. The molecule has 2 rings (SSSR count). The van der Waals surface area contributed by atoms with Crippen molar-refractivity contribution in [1.29, 1.82) is 0 Å². The Kier molecular flexibility index (Phi) is 5.53. The van der Waals surface area contributed by atoms with Crippen LogP contribution >= 0.6 is 0 Å². The molecular formula is C15H20F3N3O3. The average molecular weight is 347 g/mol. The Morgan fingerprint density at radius 1 is 1.46 bits per heavy atom. The largest absolute Gasteiger partial charge is 0.416 e. The van der Waals surface area contributed by atoms with E-state index in [1.165, 1.54) is 22.9 Å². The Morgan fingerprint density at radius 2 is 2.17 bits per heavy atom. The number of aliphatic hydroxyl groups is 1. The van der Waals surface area contributed by atoms with Gasteiger partial charge in [0.05, 0.1) is 11.7 Å². The van der Waals surface area contributed by atoms with Gasteiger partial charge in [0.1, 0.15) is 0 Å². The first-order valence-corrected chi connectivity index (χ1v) is 7.77. The molecule has 1 aromatic heterocycles. The minimum absolute atomic E-state index is 0.0867. The van der Waals surface area contributed by atoms with Crippen molar-refractivity contribution < 1.29 is 23.1 Å². The van der Waals surface area contributed by atoms with Crippen LogP contribution in [0.1, 0.15) is 26.2 Å². The number of likely N-dealkylation sites (tertiary alicyclic amines) is 1. The van der Waals surface area contributed by atoms with E-state index >= 15 is 0 Å². The summed E-state index contributed by atoms with van der Waals surface area (Å²) in [5.41, 5.74) is 0.0987. The van der Waals surface area contributed by atoms with Gasteiger partial charge in [-0.25, -0.2) is 4.79 Å². The van der Waals surface area contributed by atoms with Gasteiger partial charge in [-0.05, 0) is 25.3 Å².